The maximum atomic E-state index is 12.4. The molecule has 8 heteroatoms. The van der Waals surface area contributed by atoms with Crippen LogP contribution in [0.25, 0.3) is 0 Å². The molecule has 0 amide bonds. The van der Waals surface area contributed by atoms with E-state index in [1.54, 1.807) is 6.92 Å². The summed E-state index contributed by atoms with van der Waals surface area (Å²) in [5, 5.41) is 21.5. The zero-order valence-corrected chi connectivity index (χ0v) is 15.8. The van der Waals surface area contributed by atoms with E-state index in [1.165, 1.54) is 0 Å². The molecule has 4 aliphatic rings. The van der Waals surface area contributed by atoms with Crippen molar-refractivity contribution < 1.29 is 34.0 Å². The van der Waals surface area contributed by atoms with Gasteiger partial charge in [-0.3, -0.25) is 0 Å². The number of carbonyl (C=O) groups excluding carboxylic acids is 2. The molecule has 8 atom stereocenters. The summed E-state index contributed by atoms with van der Waals surface area (Å²) in [5.74, 6) is -2.92. The fraction of sp³-hybridized carbons (Fsp3) is 0.684. The molecule has 0 aromatic heterocycles. The lowest BCUT2D eigenvalue weighted by atomic mass is 9.76. The molecule has 148 valence electrons. The third kappa shape index (κ3) is 2.67. The summed E-state index contributed by atoms with van der Waals surface area (Å²) in [6.07, 6.45) is -2.04. The Morgan fingerprint density at radius 3 is 2.70 bits per heavy atom. The van der Waals surface area contributed by atoms with Crippen LogP contribution in [0.2, 0.25) is 0 Å². The third-order valence-corrected chi connectivity index (χ3v) is 6.98. The average molecular weight is 399 g/mol. The lowest BCUT2D eigenvalue weighted by Crippen LogP contribution is -2.52. The van der Waals surface area contributed by atoms with Crippen molar-refractivity contribution in [2.45, 2.75) is 49.3 Å². The minimum atomic E-state index is -1.63. The molecule has 0 unspecified atom stereocenters. The summed E-state index contributed by atoms with van der Waals surface area (Å²) in [6.45, 7) is 9.85. The van der Waals surface area contributed by atoms with Gasteiger partial charge in [-0.05, 0) is 19.3 Å². The number of alkyl halides is 1. The smallest absolute Gasteiger partial charge is 0.340 e. The van der Waals surface area contributed by atoms with E-state index < -0.39 is 53.3 Å². The molecule has 0 bridgehead atoms. The first-order valence-electron chi connectivity index (χ1n) is 9.01. The zero-order chi connectivity index (χ0) is 19.7. The minimum absolute atomic E-state index is 0.187. The normalized spacial score (nSPS) is 48.5. The molecule has 4 fully saturated rings. The topological polar surface area (TPSA) is 106 Å². The minimum Gasteiger partial charge on any atom is -0.459 e. The van der Waals surface area contributed by atoms with E-state index in [0.29, 0.717) is 0 Å². The maximum absolute atomic E-state index is 12.4. The first kappa shape index (κ1) is 18.9. The van der Waals surface area contributed by atoms with Crippen LogP contribution in [0.15, 0.2) is 24.3 Å². The molecule has 0 spiro atoms. The van der Waals surface area contributed by atoms with E-state index >= 15 is 0 Å². The summed E-state index contributed by atoms with van der Waals surface area (Å²) in [4.78, 5) is 24.7. The number of hydrogen-bond acceptors (Lipinski definition) is 7. The van der Waals surface area contributed by atoms with Gasteiger partial charge < -0.3 is 24.4 Å². The Morgan fingerprint density at radius 1 is 1.44 bits per heavy atom. The monoisotopic (exact) mass is 398 g/mol. The van der Waals surface area contributed by atoms with Gasteiger partial charge in [0.2, 0.25) is 0 Å². The van der Waals surface area contributed by atoms with Gasteiger partial charge in [-0.25, -0.2) is 9.59 Å². The second-order valence-corrected chi connectivity index (χ2v) is 8.52. The molecule has 2 aliphatic carbocycles. The van der Waals surface area contributed by atoms with E-state index in [9.17, 15) is 19.8 Å². The molecule has 0 radical (unpaired) electrons. The summed E-state index contributed by atoms with van der Waals surface area (Å²) >= 11 is 6.01. The molecular formula is C19H23ClO7. The van der Waals surface area contributed by atoms with Gasteiger partial charge in [0.1, 0.15) is 17.8 Å². The van der Waals surface area contributed by atoms with E-state index in [2.05, 4.69) is 13.2 Å². The number of aliphatic hydroxyl groups excluding tert-OH is 1. The van der Waals surface area contributed by atoms with Crippen molar-refractivity contribution in [2.75, 3.05) is 12.5 Å². The lowest BCUT2D eigenvalue weighted by Gasteiger charge is -2.37. The Kier molecular flexibility index (Phi) is 4.24. The first-order valence-corrected chi connectivity index (χ1v) is 9.54. The van der Waals surface area contributed by atoms with Crippen LogP contribution in [0.4, 0.5) is 0 Å². The molecule has 2 heterocycles. The van der Waals surface area contributed by atoms with Crippen LogP contribution in [-0.4, -0.2) is 64.2 Å². The number of ether oxygens (including phenoxy) is 3. The van der Waals surface area contributed by atoms with E-state index in [0.717, 1.165) is 5.57 Å². The van der Waals surface area contributed by atoms with Gasteiger partial charge in [0.25, 0.3) is 0 Å². The predicted molar refractivity (Wildman–Crippen MR) is 93.8 cm³/mol. The Labute approximate surface area is 161 Å². The summed E-state index contributed by atoms with van der Waals surface area (Å²) in [7, 11) is 0. The summed E-state index contributed by atoms with van der Waals surface area (Å²) < 4.78 is 16.4. The molecule has 7 nitrogen and oxygen atoms in total. The molecule has 2 saturated heterocycles. The molecule has 27 heavy (non-hydrogen) atoms. The highest BCUT2D eigenvalue weighted by molar-refractivity contribution is 6.18. The number of rotatable bonds is 3. The Balaban J connectivity index is 1.72. The first-order chi connectivity index (χ1) is 12.6. The Bertz CT molecular complexity index is 730. The largest absolute Gasteiger partial charge is 0.459 e. The number of halogens is 1. The van der Waals surface area contributed by atoms with Crippen LogP contribution >= 0.6 is 11.6 Å². The molecule has 2 saturated carbocycles. The van der Waals surface area contributed by atoms with Crippen molar-refractivity contribution in [3.63, 3.8) is 0 Å². The second kappa shape index (κ2) is 6.04. The van der Waals surface area contributed by atoms with Gasteiger partial charge in [-0.1, -0.05) is 18.7 Å². The quantitative estimate of drug-likeness (QED) is 0.237. The van der Waals surface area contributed by atoms with Crippen molar-refractivity contribution in [2.24, 2.45) is 17.8 Å². The van der Waals surface area contributed by atoms with Crippen molar-refractivity contribution in [1.29, 1.82) is 0 Å². The van der Waals surface area contributed by atoms with E-state index in [4.69, 9.17) is 25.8 Å². The average Bonchev–Trinajstić information content (AvgIpc) is 3.25. The van der Waals surface area contributed by atoms with Crippen molar-refractivity contribution >= 4 is 23.5 Å². The highest BCUT2D eigenvalue weighted by Gasteiger charge is 2.64. The third-order valence-electron chi connectivity index (χ3n) is 6.55. The summed E-state index contributed by atoms with van der Waals surface area (Å²) in [5.41, 5.74) is -1.69. The predicted octanol–water partition coefficient (Wildman–Crippen LogP) is 0.712. The van der Waals surface area contributed by atoms with Gasteiger partial charge in [0, 0.05) is 17.9 Å². The highest BCUT2D eigenvalue weighted by Crippen LogP contribution is 2.55. The van der Waals surface area contributed by atoms with Crippen LogP contribution in [0.1, 0.15) is 19.8 Å². The molecule has 2 N–H and O–H groups in total. The molecule has 0 aromatic carbocycles. The van der Waals surface area contributed by atoms with Gasteiger partial charge in [-0.15, -0.1) is 11.6 Å². The fourth-order valence-corrected chi connectivity index (χ4v) is 5.11. The number of esters is 2. The molecule has 0 aromatic rings. The number of fused-ring (bicyclic) bond motifs is 3. The second-order valence-electron chi connectivity index (χ2n) is 8.26. The van der Waals surface area contributed by atoms with Crippen LogP contribution in [0.3, 0.4) is 0 Å². The van der Waals surface area contributed by atoms with E-state index in [1.807, 2.05) is 0 Å². The zero-order valence-electron chi connectivity index (χ0n) is 15.0. The van der Waals surface area contributed by atoms with Gasteiger partial charge in [0.15, 0.2) is 5.60 Å². The van der Waals surface area contributed by atoms with Crippen molar-refractivity contribution in [3.8, 4) is 0 Å². The number of aliphatic hydroxyl groups is 2. The molecule has 4 rings (SSSR count). The number of carbonyl (C=O) groups is 2. The highest BCUT2D eigenvalue weighted by atomic mass is 35.5. The van der Waals surface area contributed by atoms with Gasteiger partial charge in [-0.2, -0.15) is 0 Å². The Morgan fingerprint density at radius 2 is 2.11 bits per heavy atom. The van der Waals surface area contributed by atoms with Crippen LogP contribution < -0.4 is 0 Å². The fourth-order valence-electron chi connectivity index (χ4n) is 4.75. The molecule has 2 aliphatic heterocycles. The van der Waals surface area contributed by atoms with E-state index in [-0.39, 0.29) is 36.8 Å². The van der Waals surface area contributed by atoms with Crippen molar-refractivity contribution in [3.05, 3.63) is 24.3 Å². The van der Waals surface area contributed by atoms with Crippen molar-refractivity contribution in [1.82, 2.24) is 0 Å². The van der Waals surface area contributed by atoms with Crippen LogP contribution in [0.5, 0.6) is 0 Å². The standard InChI is InChI=1S/C19H23ClO7/c1-8-4-11(26-17(23)18(3)7-25-18)13-9(2)16(22)27-15(13)14-10(8)5-12(21)19(14,24)6-20/h10-15,21,24H,1-2,4-7H2,3H3/t10-,11-,12-,13+,14-,15+,18+,19+/m0/s1. The van der Waals surface area contributed by atoms with Crippen LogP contribution in [-0.2, 0) is 23.8 Å². The number of hydrogen-bond donors (Lipinski definition) is 2. The van der Waals surface area contributed by atoms with Gasteiger partial charge >= 0.3 is 11.9 Å². The maximum Gasteiger partial charge on any atom is 0.340 e. The SMILES string of the molecule is C=C1C(=O)O[C@@H]2[C@H]1[C@@H](OC(=O)[C@@]1(C)CO1)CC(=C)[C@@H]1C[C@H](O)[C@](O)(CCl)[C@H]21. The van der Waals surface area contributed by atoms with Gasteiger partial charge in [0.05, 0.1) is 24.5 Å². The Hall–Kier alpha value is -1.41. The number of epoxide rings is 1. The molecular weight excluding hydrogens is 376 g/mol. The lowest BCUT2D eigenvalue weighted by molar-refractivity contribution is -0.161. The summed E-state index contributed by atoms with van der Waals surface area (Å²) in [6, 6.07) is 0. The van der Waals surface area contributed by atoms with Crippen LogP contribution in [0, 0.1) is 17.8 Å².